The summed E-state index contributed by atoms with van der Waals surface area (Å²) in [6.07, 6.45) is 5.41. The molecule has 136 valence electrons. The molecule has 2 aliphatic rings. The number of nitrogens with one attached hydrogen (secondary N) is 1. The Labute approximate surface area is 148 Å². The molecule has 25 heavy (non-hydrogen) atoms. The third-order valence-electron chi connectivity index (χ3n) is 5.83. The molecule has 4 rings (SSSR count). The summed E-state index contributed by atoms with van der Waals surface area (Å²) < 4.78 is 3.61. The van der Waals surface area contributed by atoms with Gasteiger partial charge in [-0.2, -0.15) is 10.2 Å². The minimum atomic E-state index is 0.0896. The van der Waals surface area contributed by atoms with E-state index in [1.807, 2.05) is 4.57 Å². The van der Waals surface area contributed by atoms with Crippen molar-refractivity contribution in [2.45, 2.75) is 71.6 Å². The molecule has 0 saturated heterocycles. The quantitative estimate of drug-likeness (QED) is 0.895. The van der Waals surface area contributed by atoms with Crippen LogP contribution in [0, 0.1) is 19.8 Å². The van der Waals surface area contributed by atoms with Crippen LogP contribution in [0.3, 0.4) is 0 Å². The molecule has 3 heterocycles. The lowest BCUT2D eigenvalue weighted by atomic mass is 10.1. The van der Waals surface area contributed by atoms with Gasteiger partial charge in [0.1, 0.15) is 5.82 Å². The van der Waals surface area contributed by atoms with Gasteiger partial charge in [-0.3, -0.25) is 14.6 Å². The highest BCUT2D eigenvalue weighted by Crippen LogP contribution is 2.30. The monoisotopic (exact) mass is 344 g/mol. The Morgan fingerprint density at radius 1 is 1.24 bits per heavy atom. The van der Waals surface area contributed by atoms with Crippen molar-refractivity contribution in [2.75, 3.05) is 7.05 Å². The van der Waals surface area contributed by atoms with Gasteiger partial charge in [-0.1, -0.05) is 0 Å². The Morgan fingerprint density at radius 2 is 2.04 bits per heavy atom. The molecular formula is C18H28N6O. The summed E-state index contributed by atoms with van der Waals surface area (Å²) in [6, 6.07) is 0.465. The number of nitrogens with zero attached hydrogens (tertiary/aromatic N) is 5. The van der Waals surface area contributed by atoms with Crippen LogP contribution in [0.2, 0.25) is 0 Å². The maximum Gasteiger partial charge on any atom is 0.345 e. The van der Waals surface area contributed by atoms with E-state index in [0.717, 1.165) is 56.1 Å². The third kappa shape index (κ3) is 3.29. The Balaban J connectivity index is 1.44. The lowest BCUT2D eigenvalue weighted by Crippen LogP contribution is -2.33. The van der Waals surface area contributed by atoms with E-state index in [2.05, 4.69) is 41.1 Å². The summed E-state index contributed by atoms with van der Waals surface area (Å²) in [4.78, 5) is 15.0. The second kappa shape index (κ2) is 6.44. The average molecular weight is 344 g/mol. The lowest BCUT2D eigenvalue weighted by Gasteiger charge is -2.27. The standard InChI is InChI=1S/C18H28N6O/c1-12-16(13(2)20-19-12)11-22(3)15-6-7-17-21-24(10-14-4-5-14)18(25)23(17)9-8-15/h14-15H,4-11H2,1-3H3,(H,19,20). The van der Waals surface area contributed by atoms with Crippen molar-refractivity contribution in [3.8, 4) is 0 Å². The lowest BCUT2D eigenvalue weighted by molar-refractivity contribution is 0.209. The summed E-state index contributed by atoms with van der Waals surface area (Å²) in [5, 5.41) is 12.0. The van der Waals surface area contributed by atoms with Crippen LogP contribution in [0.4, 0.5) is 0 Å². The zero-order valence-electron chi connectivity index (χ0n) is 15.5. The van der Waals surface area contributed by atoms with E-state index in [9.17, 15) is 4.79 Å². The summed E-state index contributed by atoms with van der Waals surface area (Å²) in [5.74, 6) is 1.65. The van der Waals surface area contributed by atoms with Crippen LogP contribution in [0.15, 0.2) is 4.79 Å². The molecule has 1 atom stereocenters. The maximum absolute atomic E-state index is 12.6. The molecule has 0 aromatic carbocycles. The number of aryl methyl sites for hydroxylation is 3. The van der Waals surface area contributed by atoms with Crippen molar-refractivity contribution in [3.63, 3.8) is 0 Å². The summed E-state index contributed by atoms with van der Waals surface area (Å²) in [5.41, 5.74) is 3.60. The van der Waals surface area contributed by atoms with Crippen LogP contribution >= 0.6 is 0 Å². The van der Waals surface area contributed by atoms with Crippen LogP contribution < -0.4 is 5.69 Å². The molecule has 1 aliphatic heterocycles. The molecule has 0 bridgehead atoms. The number of rotatable bonds is 5. The van der Waals surface area contributed by atoms with Crippen molar-refractivity contribution in [1.29, 1.82) is 0 Å². The molecule has 2 aromatic rings. The molecule has 1 unspecified atom stereocenters. The van der Waals surface area contributed by atoms with Gasteiger partial charge >= 0.3 is 5.69 Å². The van der Waals surface area contributed by atoms with Gasteiger partial charge in [0.15, 0.2) is 0 Å². The number of hydrogen-bond donors (Lipinski definition) is 1. The predicted octanol–water partition coefficient (Wildman–Crippen LogP) is 1.63. The normalized spacial score (nSPS) is 20.7. The smallest absolute Gasteiger partial charge is 0.299 e. The molecule has 0 spiro atoms. The van der Waals surface area contributed by atoms with Gasteiger partial charge in [-0.15, -0.1) is 0 Å². The second-order valence-electron chi connectivity index (χ2n) is 7.78. The number of fused-ring (bicyclic) bond motifs is 1. The van der Waals surface area contributed by atoms with E-state index in [0.29, 0.717) is 12.0 Å². The van der Waals surface area contributed by atoms with Crippen LogP contribution in [0.25, 0.3) is 0 Å². The van der Waals surface area contributed by atoms with E-state index in [-0.39, 0.29) is 5.69 Å². The largest absolute Gasteiger partial charge is 0.345 e. The Morgan fingerprint density at radius 3 is 2.72 bits per heavy atom. The molecule has 1 fully saturated rings. The minimum absolute atomic E-state index is 0.0896. The molecule has 1 N–H and O–H groups in total. The van der Waals surface area contributed by atoms with Crippen LogP contribution in [-0.4, -0.2) is 42.5 Å². The molecule has 0 radical (unpaired) electrons. The fourth-order valence-corrected chi connectivity index (χ4v) is 3.90. The van der Waals surface area contributed by atoms with Crippen LogP contribution in [0.5, 0.6) is 0 Å². The van der Waals surface area contributed by atoms with Gasteiger partial charge in [0.05, 0.1) is 5.69 Å². The van der Waals surface area contributed by atoms with Crippen LogP contribution in [0.1, 0.15) is 48.5 Å². The molecule has 1 saturated carbocycles. The van der Waals surface area contributed by atoms with Gasteiger partial charge in [-0.25, -0.2) is 9.48 Å². The Kier molecular flexibility index (Phi) is 4.27. The maximum atomic E-state index is 12.6. The summed E-state index contributed by atoms with van der Waals surface area (Å²) >= 11 is 0. The number of aromatic amines is 1. The summed E-state index contributed by atoms with van der Waals surface area (Å²) in [6.45, 7) is 6.61. The van der Waals surface area contributed by atoms with Crippen LogP contribution in [-0.2, 0) is 26.1 Å². The molecule has 2 aromatic heterocycles. The molecular weight excluding hydrogens is 316 g/mol. The van der Waals surface area contributed by atoms with Gasteiger partial charge in [-0.05, 0) is 52.5 Å². The average Bonchev–Trinajstić information content (AvgIpc) is 3.33. The van der Waals surface area contributed by atoms with Gasteiger partial charge in [0, 0.05) is 43.4 Å². The van der Waals surface area contributed by atoms with Crippen molar-refractivity contribution in [1.82, 2.24) is 29.4 Å². The first kappa shape index (κ1) is 16.6. The van der Waals surface area contributed by atoms with Gasteiger partial charge < -0.3 is 0 Å². The number of hydrogen-bond acceptors (Lipinski definition) is 4. The third-order valence-corrected chi connectivity index (χ3v) is 5.83. The van der Waals surface area contributed by atoms with E-state index in [1.54, 1.807) is 4.68 Å². The number of H-pyrrole nitrogens is 1. The van der Waals surface area contributed by atoms with Crippen molar-refractivity contribution < 1.29 is 0 Å². The molecule has 1 aliphatic carbocycles. The zero-order valence-corrected chi connectivity index (χ0v) is 15.5. The fourth-order valence-electron chi connectivity index (χ4n) is 3.90. The van der Waals surface area contributed by atoms with E-state index < -0.39 is 0 Å². The van der Waals surface area contributed by atoms with Crippen molar-refractivity contribution >= 4 is 0 Å². The molecule has 7 heteroatoms. The SMILES string of the molecule is Cc1n[nH]c(C)c1CN(C)C1CCc2nn(CC3CC3)c(=O)n2CC1. The minimum Gasteiger partial charge on any atom is -0.299 e. The van der Waals surface area contributed by atoms with Gasteiger partial charge in [0.25, 0.3) is 0 Å². The Bertz CT molecular complexity index is 793. The Hall–Kier alpha value is -1.89. The first-order valence-electron chi connectivity index (χ1n) is 9.40. The van der Waals surface area contributed by atoms with Crippen molar-refractivity contribution in [3.05, 3.63) is 33.3 Å². The predicted molar refractivity (Wildman–Crippen MR) is 95.5 cm³/mol. The zero-order chi connectivity index (χ0) is 17.6. The highest BCUT2D eigenvalue weighted by Gasteiger charge is 2.27. The second-order valence-corrected chi connectivity index (χ2v) is 7.78. The van der Waals surface area contributed by atoms with Gasteiger partial charge in [0.2, 0.25) is 0 Å². The first-order valence-corrected chi connectivity index (χ1v) is 9.40. The highest BCUT2D eigenvalue weighted by atomic mass is 16.2. The van der Waals surface area contributed by atoms with E-state index in [1.165, 1.54) is 18.4 Å². The van der Waals surface area contributed by atoms with Crippen molar-refractivity contribution in [2.24, 2.45) is 5.92 Å². The topological polar surface area (TPSA) is 71.7 Å². The van der Waals surface area contributed by atoms with E-state index in [4.69, 9.17) is 0 Å². The molecule has 7 nitrogen and oxygen atoms in total. The number of aromatic nitrogens is 5. The highest BCUT2D eigenvalue weighted by molar-refractivity contribution is 5.22. The van der Waals surface area contributed by atoms with E-state index >= 15 is 0 Å². The molecule has 0 amide bonds. The fraction of sp³-hybridized carbons (Fsp3) is 0.722. The first-order chi connectivity index (χ1) is 12.0. The summed E-state index contributed by atoms with van der Waals surface area (Å²) in [7, 11) is 2.18.